The van der Waals surface area contributed by atoms with Crippen LogP contribution in [0.25, 0.3) is 0 Å². The largest absolute Gasteiger partial charge is 0.493 e. The average molecular weight is 466 g/mol. The number of methoxy groups -OCH3 is 1. The van der Waals surface area contributed by atoms with Crippen LogP contribution >= 0.6 is 0 Å². The Labute approximate surface area is 201 Å². The molecule has 3 aromatic rings. The SMILES string of the molecule is COc1cc(CN2CCC[C@@](O)(COc3ccccc3)C2)ccc1OCCCn1cc(C)cn1. The standard InChI is InChI=1S/C27H35N3O4/c1-22-17-28-30(18-22)14-7-15-33-25-11-10-23(16-26(25)32-2)19-29-13-6-12-27(31,20-29)21-34-24-8-4-3-5-9-24/h3-5,8-11,16-18,31H,6-7,12-15,19-21H2,1-2H3/t27-/m0/s1. The van der Waals surface area contributed by atoms with Crippen LogP contribution in [0.4, 0.5) is 0 Å². The first-order chi connectivity index (χ1) is 16.5. The van der Waals surface area contributed by atoms with Crippen LogP contribution in [-0.2, 0) is 13.1 Å². The van der Waals surface area contributed by atoms with Crippen LogP contribution in [0.1, 0.15) is 30.4 Å². The van der Waals surface area contributed by atoms with Gasteiger partial charge in [0.2, 0.25) is 0 Å². The van der Waals surface area contributed by atoms with Gasteiger partial charge in [-0.05, 0) is 61.7 Å². The summed E-state index contributed by atoms with van der Waals surface area (Å²) in [5, 5.41) is 15.4. The van der Waals surface area contributed by atoms with Crippen LogP contribution < -0.4 is 14.2 Å². The number of β-amino-alcohol motifs (C(OH)–C–C–N with tert-alkyl or cyclic N) is 1. The van der Waals surface area contributed by atoms with Gasteiger partial charge in [-0.15, -0.1) is 0 Å². The predicted octanol–water partition coefficient (Wildman–Crippen LogP) is 4.08. The van der Waals surface area contributed by atoms with Crippen LogP contribution in [0, 0.1) is 6.92 Å². The summed E-state index contributed by atoms with van der Waals surface area (Å²) in [5.41, 5.74) is 1.44. The van der Waals surface area contributed by atoms with Crippen LogP contribution in [0.5, 0.6) is 17.2 Å². The lowest BCUT2D eigenvalue weighted by atomic mass is 9.93. The summed E-state index contributed by atoms with van der Waals surface area (Å²) in [6.45, 7) is 6.00. The molecule has 2 aromatic carbocycles. The minimum absolute atomic E-state index is 0.293. The Morgan fingerprint density at radius 2 is 1.94 bits per heavy atom. The molecule has 0 unspecified atom stereocenters. The first kappa shape index (κ1) is 24.1. The first-order valence-corrected chi connectivity index (χ1v) is 11.9. The molecule has 1 saturated heterocycles. The highest BCUT2D eigenvalue weighted by molar-refractivity contribution is 5.43. The zero-order chi connectivity index (χ0) is 23.8. The van der Waals surface area contributed by atoms with Crippen LogP contribution in [0.15, 0.2) is 60.9 Å². The third kappa shape index (κ3) is 6.74. The number of hydrogen-bond acceptors (Lipinski definition) is 6. The number of piperidine rings is 1. The van der Waals surface area contributed by atoms with Crippen molar-refractivity contribution in [3.05, 3.63) is 72.1 Å². The Morgan fingerprint density at radius 3 is 2.71 bits per heavy atom. The Balaban J connectivity index is 1.28. The highest BCUT2D eigenvalue weighted by atomic mass is 16.5. The Bertz CT molecular complexity index is 1040. The van der Waals surface area contributed by atoms with E-state index >= 15 is 0 Å². The summed E-state index contributed by atoms with van der Waals surface area (Å²) in [5.74, 6) is 2.26. The zero-order valence-electron chi connectivity index (χ0n) is 20.2. The molecule has 1 aliphatic heterocycles. The lowest BCUT2D eigenvalue weighted by Crippen LogP contribution is -2.51. The van der Waals surface area contributed by atoms with Gasteiger partial charge in [0.1, 0.15) is 18.0 Å². The molecule has 0 spiro atoms. The lowest BCUT2D eigenvalue weighted by molar-refractivity contribution is -0.0621. The minimum Gasteiger partial charge on any atom is -0.493 e. The van der Waals surface area contributed by atoms with E-state index in [0.717, 1.165) is 67.3 Å². The summed E-state index contributed by atoms with van der Waals surface area (Å²) in [7, 11) is 1.67. The van der Waals surface area contributed by atoms with Gasteiger partial charge in [0.25, 0.3) is 0 Å². The van der Waals surface area contributed by atoms with E-state index in [9.17, 15) is 5.11 Å². The highest BCUT2D eigenvalue weighted by Gasteiger charge is 2.34. The van der Waals surface area contributed by atoms with E-state index in [1.165, 1.54) is 0 Å². The summed E-state index contributed by atoms with van der Waals surface area (Å²) in [4.78, 5) is 2.28. The number of aliphatic hydroxyl groups is 1. The van der Waals surface area contributed by atoms with Crippen molar-refractivity contribution in [3.63, 3.8) is 0 Å². The minimum atomic E-state index is -0.853. The van der Waals surface area contributed by atoms with Crippen molar-refractivity contribution < 1.29 is 19.3 Å². The summed E-state index contributed by atoms with van der Waals surface area (Å²) < 4.78 is 19.4. The number of hydrogen-bond donors (Lipinski definition) is 1. The van der Waals surface area contributed by atoms with E-state index in [2.05, 4.69) is 16.1 Å². The molecule has 1 fully saturated rings. The normalized spacial score (nSPS) is 18.6. The van der Waals surface area contributed by atoms with Gasteiger partial charge in [0, 0.05) is 32.3 Å². The van der Waals surface area contributed by atoms with Gasteiger partial charge in [-0.1, -0.05) is 24.3 Å². The van der Waals surface area contributed by atoms with Crippen molar-refractivity contribution in [1.82, 2.24) is 14.7 Å². The monoisotopic (exact) mass is 465 g/mol. The van der Waals surface area contributed by atoms with Crippen molar-refractivity contribution in [1.29, 1.82) is 0 Å². The summed E-state index contributed by atoms with van der Waals surface area (Å²) >= 11 is 0. The number of benzene rings is 2. The number of para-hydroxylation sites is 1. The lowest BCUT2D eigenvalue weighted by Gasteiger charge is -2.39. The Morgan fingerprint density at radius 1 is 1.09 bits per heavy atom. The molecule has 7 nitrogen and oxygen atoms in total. The number of likely N-dealkylation sites (tertiary alicyclic amines) is 1. The fraction of sp³-hybridized carbons (Fsp3) is 0.444. The van der Waals surface area contributed by atoms with Gasteiger partial charge >= 0.3 is 0 Å². The predicted molar refractivity (Wildman–Crippen MR) is 131 cm³/mol. The molecule has 4 rings (SSSR count). The number of rotatable bonds is 11. The van der Waals surface area contributed by atoms with Crippen molar-refractivity contribution in [2.45, 2.75) is 44.9 Å². The third-order valence-electron chi connectivity index (χ3n) is 6.07. The molecule has 0 radical (unpaired) electrons. The van der Waals surface area contributed by atoms with E-state index < -0.39 is 5.60 Å². The molecule has 0 amide bonds. The second kappa shape index (κ2) is 11.4. The van der Waals surface area contributed by atoms with Crippen LogP contribution in [0.3, 0.4) is 0 Å². The second-order valence-electron chi connectivity index (χ2n) is 9.11. The molecule has 1 N–H and O–H groups in total. The van der Waals surface area contributed by atoms with E-state index in [-0.39, 0.29) is 0 Å². The van der Waals surface area contributed by atoms with E-state index in [4.69, 9.17) is 14.2 Å². The Hall–Kier alpha value is -3.03. The fourth-order valence-corrected chi connectivity index (χ4v) is 4.38. The first-order valence-electron chi connectivity index (χ1n) is 11.9. The van der Waals surface area contributed by atoms with Gasteiger partial charge in [-0.3, -0.25) is 9.58 Å². The van der Waals surface area contributed by atoms with E-state index in [0.29, 0.717) is 19.8 Å². The topological polar surface area (TPSA) is 69.0 Å². The summed E-state index contributed by atoms with van der Waals surface area (Å²) in [6.07, 6.45) is 6.43. The van der Waals surface area contributed by atoms with E-state index in [1.54, 1.807) is 7.11 Å². The molecule has 182 valence electrons. The van der Waals surface area contributed by atoms with Gasteiger partial charge in [-0.25, -0.2) is 0 Å². The second-order valence-corrected chi connectivity index (χ2v) is 9.11. The Kier molecular flexibility index (Phi) is 8.08. The molecule has 7 heteroatoms. The summed E-state index contributed by atoms with van der Waals surface area (Å²) in [6, 6.07) is 15.7. The number of ether oxygens (including phenoxy) is 3. The maximum absolute atomic E-state index is 11.1. The van der Waals surface area contributed by atoms with Crippen molar-refractivity contribution in [2.75, 3.05) is 33.4 Å². The van der Waals surface area contributed by atoms with Crippen molar-refractivity contribution in [2.24, 2.45) is 0 Å². The number of aromatic nitrogens is 2. The molecular formula is C27H35N3O4. The molecular weight excluding hydrogens is 430 g/mol. The molecule has 0 saturated carbocycles. The molecule has 34 heavy (non-hydrogen) atoms. The van der Waals surface area contributed by atoms with Crippen LogP contribution in [-0.4, -0.2) is 58.8 Å². The molecule has 2 heterocycles. The van der Waals surface area contributed by atoms with Gasteiger partial charge < -0.3 is 19.3 Å². The van der Waals surface area contributed by atoms with Gasteiger partial charge in [-0.2, -0.15) is 5.10 Å². The molecule has 0 aliphatic carbocycles. The maximum atomic E-state index is 11.1. The highest BCUT2D eigenvalue weighted by Crippen LogP contribution is 2.30. The van der Waals surface area contributed by atoms with Gasteiger partial charge in [0.15, 0.2) is 11.5 Å². The van der Waals surface area contributed by atoms with E-state index in [1.807, 2.05) is 66.5 Å². The molecule has 1 atom stereocenters. The fourth-order valence-electron chi connectivity index (χ4n) is 4.38. The molecule has 1 aromatic heterocycles. The third-order valence-corrected chi connectivity index (χ3v) is 6.07. The average Bonchev–Trinajstić information content (AvgIpc) is 3.27. The zero-order valence-corrected chi connectivity index (χ0v) is 20.2. The van der Waals surface area contributed by atoms with Crippen molar-refractivity contribution in [3.8, 4) is 17.2 Å². The van der Waals surface area contributed by atoms with Crippen molar-refractivity contribution >= 4 is 0 Å². The number of aryl methyl sites for hydroxylation is 2. The molecule has 1 aliphatic rings. The van der Waals surface area contributed by atoms with Crippen LogP contribution in [0.2, 0.25) is 0 Å². The molecule has 0 bridgehead atoms. The van der Waals surface area contributed by atoms with Gasteiger partial charge in [0.05, 0.1) is 19.9 Å². The quantitative estimate of drug-likeness (QED) is 0.431. The number of nitrogens with zero attached hydrogens (tertiary/aromatic N) is 3. The smallest absolute Gasteiger partial charge is 0.161 e. The maximum Gasteiger partial charge on any atom is 0.161 e.